The number of aryl methyl sites for hydroxylation is 1. The molecule has 0 aliphatic heterocycles. The third kappa shape index (κ3) is 4.34. The van der Waals surface area contributed by atoms with Gasteiger partial charge in [0.25, 0.3) is 0 Å². The van der Waals surface area contributed by atoms with Gasteiger partial charge < -0.3 is 10.6 Å². The first kappa shape index (κ1) is 16.1. The quantitative estimate of drug-likeness (QED) is 0.861. The van der Waals surface area contributed by atoms with Gasteiger partial charge in [0, 0.05) is 24.0 Å². The molecule has 2 rings (SSSR count). The highest BCUT2D eigenvalue weighted by Gasteiger charge is 2.29. The van der Waals surface area contributed by atoms with Crippen LogP contribution in [-0.4, -0.2) is 16.5 Å². The number of anilines is 3. The molecule has 0 amide bonds. The predicted molar refractivity (Wildman–Crippen MR) is 80.3 cm³/mol. The Morgan fingerprint density at radius 1 is 1.09 bits per heavy atom. The van der Waals surface area contributed by atoms with Gasteiger partial charge in [0.1, 0.15) is 5.82 Å². The van der Waals surface area contributed by atoms with E-state index in [1.165, 1.54) is 12.1 Å². The summed E-state index contributed by atoms with van der Waals surface area (Å²) in [5.41, 5.74) is 0.580. The molecule has 22 heavy (non-hydrogen) atoms. The molecule has 0 saturated heterocycles. The molecular formula is C15H17F3N4. The van der Waals surface area contributed by atoms with Crippen molar-refractivity contribution in [1.82, 2.24) is 9.97 Å². The SMILES string of the molecule is CCCNc1cc(C)nc(Nc2ccc(C(F)(F)F)cc2)n1. The minimum absolute atomic E-state index is 0.346. The van der Waals surface area contributed by atoms with E-state index in [1.807, 2.05) is 19.9 Å². The minimum atomic E-state index is -4.34. The smallest absolute Gasteiger partial charge is 0.370 e. The van der Waals surface area contributed by atoms with Crippen molar-refractivity contribution >= 4 is 17.5 Å². The van der Waals surface area contributed by atoms with E-state index in [1.54, 1.807) is 0 Å². The molecule has 0 atom stereocenters. The molecule has 118 valence electrons. The van der Waals surface area contributed by atoms with Crippen LogP contribution in [0.25, 0.3) is 0 Å². The van der Waals surface area contributed by atoms with Gasteiger partial charge in [0.2, 0.25) is 5.95 Å². The van der Waals surface area contributed by atoms with Crippen LogP contribution in [0, 0.1) is 6.92 Å². The van der Waals surface area contributed by atoms with Crippen molar-refractivity contribution < 1.29 is 13.2 Å². The lowest BCUT2D eigenvalue weighted by Gasteiger charge is -2.10. The first-order chi connectivity index (χ1) is 10.4. The van der Waals surface area contributed by atoms with E-state index in [0.717, 1.165) is 30.8 Å². The van der Waals surface area contributed by atoms with E-state index < -0.39 is 11.7 Å². The number of benzene rings is 1. The Kier molecular flexibility index (Phi) is 4.85. The van der Waals surface area contributed by atoms with Crippen LogP contribution in [0.3, 0.4) is 0 Å². The van der Waals surface area contributed by atoms with Crippen LogP contribution < -0.4 is 10.6 Å². The Hall–Kier alpha value is -2.31. The number of aromatic nitrogens is 2. The molecule has 4 nitrogen and oxygen atoms in total. The van der Waals surface area contributed by atoms with Crippen molar-refractivity contribution in [3.63, 3.8) is 0 Å². The number of nitrogens with zero attached hydrogens (tertiary/aromatic N) is 2. The number of hydrogen-bond donors (Lipinski definition) is 2. The molecule has 0 bridgehead atoms. The van der Waals surface area contributed by atoms with Crippen LogP contribution in [0.15, 0.2) is 30.3 Å². The van der Waals surface area contributed by atoms with Gasteiger partial charge in [-0.15, -0.1) is 0 Å². The van der Waals surface area contributed by atoms with Gasteiger partial charge in [-0.25, -0.2) is 4.98 Å². The van der Waals surface area contributed by atoms with Crippen LogP contribution in [0.2, 0.25) is 0 Å². The van der Waals surface area contributed by atoms with Crippen LogP contribution in [-0.2, 0) is 6.18 Å². The van der Waals surface area contributed by atoms with Crippen molar-refractivity contribution in [3.8, 4) is 0 Å². The number of halogens is 3. The van der Waals surface area contributed by atoms with Gasteiger partial charge in [0.15, 0.2) is 0 Å². The van der Waals surface area contributed by atoms with Crippen molar-refractivity contribution in [1.29, 1.82) is 0 Å². The zero-order valence-electron chi connectivity index (χ0n) is 12.3. The van der Waals surface area contributed by atoms with E-state index in [0.29, 0.717) is 17.5 Å². The first-order valence-corrected chi connectivity index (χ1v) is 6.92. The van der Waals surface area contributed by atoms with Crippen molar-refractivity contribution in [2.24, 2.45) is 0 Å². The Labute approximate surface area is 126 Å². The molecule has 0 radical (unpaired) electrons. The topological polar surface area (TPSA) is 49.8 Å². The Bertz CT molecular complexity index is 624. The summed E-state index contributed by atoms with van der Waals surface area (Å²) in [5.74, 6) is 1.03. The summed E-state index contributed by atoms with van der Waals surface area (Å²) in [6, 6.07) is 6.57. The average molecular weight is 310 g/mol. The van der Waals surface area contributed by atoms with Gasteiger partial charge in [0.05, 0.1) is 5.56 Å². The lowest BCUT2D eigenvalue weighted by Crippen LogP contribution is -2.07. The fourth-order valence-corrected chi connectivity index (χ4v) is 1.84. The van der Waals surface area contributed by atoms with Gasteiger partial charge in [-0.2, -0.15) is 18.2 Å². The molecule has 1 aromatic heterocycles. The minimum Gasteiger partial charge on any atom is -0.370 e. The second kappa shape index (κ2) is 6.64. The number of hydrogen-bond acceptors (Lipinski definition) is 4. The van der Waals surface area contributed by atoms with Gasteiger partial charge >= 0.3 is 6.18 Å². The molecule has 1 aromatic carbocycles. The summed E-state index contributed by atoms with van der Waals surface area (Å²) in [6.07, 6.45) is -3.37. The molecule has 0 saturated carbocycles. The van der Waals surface area contributed by atoms with E-state index in [4.69, 9.17) is 0 Å². The average Bonchev–Trinajstić information content (AvgIpc) is 2.44. The summed E-state index contributed by atoms with van der Waals surface area (Å²) in [5, 5.41) is 6.06. The molecule has 0 aliphatic carbocycles. The highest BCUT2D eigenvalue weighted by molar-refractivity contribution is 5.55. The highest BCUT2D eigenvalue weighted by Crippen LogP contribution is 2.30. The lowest BCUT2D eigenvalue weighted by atomic mass is 10.2. The largest absolute Gasteiger partial charge is 0.416 e. The number of nitrogens with one attached hydrogen (secondary N) is 2. The van der Waals surface area contributed by atoms with Crippen molar-refractivity contribution in [3.05, 3.63) is 41.6 Å². The maximum atomic E-state index is 12.5. The molecule has 0 aliphatic rings. The standard InChI is InChI=1S/C15H17F3N4/c1-3-8-19-13-9-10(2)20-14(22-13)21-12-6-4-11(5-7-12)15(16,17)18/h4-7,9H,3,8H2,1-2H3,(H2,19,20,21,22). The maximum Gasteiger partial charge on any atom is 0.416 e. The second-order valence-electron chi connectivity index (χ2n) is 4.85. The van der Waals surface area contributed by atoms with Crippen molar-refractivity contribution in [2.75, 3.05) is 17.2 Å². The fourth-order valence-electron chi connectivity index (χ4n) is 1.84. The number of alkyl halides is 3. The second-order valence-corrected chi connectivity index (χ2v) is 4.85. The third-order valence-corrected chi connectivity index (χ3v) is 2.88. The summed E-state index contributed by atoms with van der Waals surface area (Å²) in [4.78, 5) is 8.51. The molecule has 7 heteroatoms. The summed E-state index contributed by atoms with van der Waals surface area (Å²) < 4.78 is 37.6. The Morgan fingerprint density at radius 2 is 1.77 bits per heavy atom. The first-order valence-electron chi connectivity index (χ1n) is 6.92. The van der Waals surface area contributed by atoms with Crippen LogP contribution in [0.5, 0.6) is 0 Å². The molecule has 2 N–H and O–H groups in total. The van der Waals surface area contributed by atoms with Crippen LogP contribution in [0.1, 0.15) is 24.6 Å². The highest BCUT2D eigenvalue weighted by atomic mass is 19.4. The summed E-state index contributed by atoms with van der Waals surface area (Å²) >= 11 is 0. The van der Waals surface area contributed by atoms with Gasteiger partial charge in [-0.1, -0.05) is 6.92 Å². The molecular weight excluding hydrogens is 293 g/mol. The Morgan fingerprint density at radius 3 is 2.36 bits per heavy atom. The monoisotopic (exact) mass is 310 g/mol. The Balaban J connectivity index is 2.14. The molecule has 2 aromatic rings. The summed E-state index contributed by atoms with van der Waals surface area (Å²) in [7, 11) is 0. The predicted octanol–water partition coefficient (Wildman–Crippen LogP) is 4.37. The van der Waals surface area contributed by atoms with E-state index in [-0.39, 0.29) is 0 Å². The fraction of sp³-hybridized carbons (Fsp3) is 0.333. The maximum absolute atomic E-state index is 12.5. The molecule has 1 heterocycles. The van der Waals surface area contributed by atoms with E-state index >= 15 is 0 Å². The van der Waals surface area contributed by atoms with Gasteiger partial charge in [-0.05, 0) is 37.6 Å². The zero-order valence-corrected chi connectivity index (χ0v) is 12.3. The zero-order chi connectivity index (χ0) is 16.2. The molecule has 0 spiro atoms. The van der Waals surface area contributed by atoms with Crippen molar-refractivity contribution in [2.45, 2.75) is 26.4 Å². The van der Waals surface area contributed by atoms with Crippen LogP contribution >= 0.6 is 0 Å². The lowest BCUT2D eigenvalue weighted by molar-refractivity contribution is -0.137. The normalized spacial score (nSPS) is 11.3. The molecule has 0 fully saturated rings. The third-order valence-electron chi connectivity index (χ3n) is 2.88. The van der Waals surface area contributed by atoms with Crippen LogP contribution in [0.4, 0.5) is 30.6 Å². The summed E-state index contributed by atoms with van der Waals surface area (Å²) in [6.45, 7) is 4.66. The number of rotatable bonds is 5. The van der Waals surface area contributed by atoms with E-state index in [9.17, 15) is 13.2 Å². The molecule has 0 unspecified atom stereocenters. The van der Waals surface area contributed by atoms with Gasteiger partial charge in [-0.3, -0.25) is 0 Å². The van der Waals surface area contributed by atoms with E-state index in [2.05, 4.69) is 20.6 Å².